The van der Waals surface area contributed by atoms with Crippen molar-refractivity contribution in [3.8, 4) is 5.75 Å². The van der Waals surface area contributed by atoms with Crippen molar-refractivity contribution < 1.29 is 19.1 Å². The quantitative estimate of drug-likeness (QED) is 0.363. The summed E-state index contributed by atoms with van der Waals surface area (Å²) in [6, 6.07) is 18.9. The van der Waals surface area contributed by atoms with Crippen molar-refractivity contribution in [2.24, 2.45) is 4.99 Å². The van der Waals surface area contributed by atoms with E-state index in [0.717, 1.165) is 16.8 Å². The number of carbonyl (C=O) groups excluding carboxylic acids is 2. The molecule has 0 saturated carbocycles. The number of benzene rings is 2. The van der Waals surface area contributed by atoms with Gasteiger partial charge in [0.05, 0.1) is 34.8 Å². The largest absolute Gasteiger partial charge is 0.483 e. The molecule has 0 unspecified atom stereocenters. The highest BCUT2D eigenvalue weighted by molar-refractivity contribution is 9.10. The zero-order valence-electron chi connectivity index (χ0n) is 20.5. The van der Waals surface area contributed by atoms with Gasteiger partial charge in [0.2, 0.25) is 0 Å². The fraction of sp³-hybridized carbons (Fsp3) is 0.214. The number of thioether (sulfide) groups is 1. The molecular formula is C28H25BrN4O4S. The van der Waals surface area contributed by atoms with E-state index in [4.69, 9.17) is 14.5 Å². The van der Waals surface area contributed by atoms with Gasteiger partial charge in [-0.15, -0.1) is 0 Å². The van der Waals surface area contributed by atoms with Crippen LogP contribution in [0.3, 0.4) is 0 Å². The van der Waals surface area contributed by atoms with Crippen LogP contribution in [-0.4, -0.2) is 64.7 Å². The number of halogens is 1. The number of aliphatic imine (C=N–C) groups is 1. The van der Waals surface area contributed by atoms with E-state index in [1.165, 1.54) is 11.8 Å². The number of amidine groups is 1. The van der Waals surface area contributed by atoms with Crippen LogP contribution in [0.25, 0.3) is 6.08 Å². The first-order chi connectivity index (χ1) is 18.6. The molecule has 2 saturated heterocycles. The third kappa shape index (κ3) is 6.50. The molecule has 1 aromatic heterocycles. The molecule has 38 heavy (non-hydrogen) atoms. The Morgan fingerprint density at radius 3 is 2.68 bits per heavy atom. The number of morpholine rings is 1. The van der Waals surface area contributed by atoms with E-state index in [2.05, 4.69) is 20.9 Å². The lowest BCUT2D eigenvalue weighted by Crippen LogP contribution is -2.43. The molecule has 0 atom stereocenters. The van der Waals surface area contributed by atoms with Gasteiger partial charge in [0.15, 0.2) is 11.8 Å². The van der Waals surface area contributed by atoms with Crippen LogP contribution in [0.15, 0.2) is 87.4 Å². The Morgan fingerprint density at radius 1 is 1.13 bits per heavy atom. The van der Waals surface area contributed by atoms with E-state index >= 15 is 0 Å². The molecule has 3 aromatic rings. The number of ether oxygens (including phenoxy) is 2. The minimum atomic E-state index is -0.124. The second-order valence-corrected chi connectivity index (χ2v) is 10.4. The van der Waals surface area contributed by atoms with E-state index in [1.54, 1.807) is 28.3 Å². The van der Waals surface area contributed by atoms with Crippen molar-refractivity contribution >= 4 is 56.4 Å². The number of pyridine rings is 1. The van der Waals surface area contributed by atoms with Gasteiger partial charge in [0.1, 0.15) is 5.75 Å². The van der Waals surface area contributed by atoms with Gasteiger partial charge in [0, 0.05) is 25.5 Å². The zero-order chi connectivity index (χ0) is 26.3. The molecule has 2 aliphatic rings. The topological polar surface area (TPSA) is 84.3 Å². The van der Waals surface area contributed by atoms with Crippen molar-refractivity contribution in [1.82, 2.24) is 14.8 Å². The summed E-state index contributed by atoms with van der Waals surface area (Å²) in [4.78, 5) is 38.7. The molecule has 10 heteroatoms. The van der Waals surface area contributed by atoms with Crippen LogP contribution in [0, 0.1) is 0 Å². The lowest BCUT2D eigenvalue weighted by atomic mass is 10.2. The molecule has 194 valence electrons. The van der Waals surface area contributed by atoms with Gasteiger partial charge >= 0.3 is 0 Å². The van der Waals surface area contributed by atoms with Crippen LogP contribution in [0.5, 0.6) is 5.75 Å². The van der Waals surface area contributed by atoms with Crippen LogP contribution in [-0.2, 0) is 20.9 Å². The second-order valence-electron chi connectivity index (χ2n) is 8.56. The van der Waals surface area contributed by atoms with Gasteiger partial charge in [-0.05, 0) is 75.2 Å². The highest BCUT2D eigenvalue weighted by Gasteiger charge is 2.33. The average molecular weight is 594 g/mol. The Balaban J connectivity index is 1.33. The Morgan fingerprint density at radius 2 is 1.95 bits per heavy atom. The predicted molar refractivity (Wildman–Crippen MR) is 151 cm³/mol. The molecule has 0 spiro atoms. The predicted octanol–water partition coefficient (Wildman–Crippen LogP) is 4.89. The molecule has 0 aliphatic carbocycles. The number of carbonyl (C=O) groups is 2. The highest BCUT2D eigenvalue weighted by Crippen LogP contribution is 2.36. The summed E-state index contributed by atoms with van der Waals surface area (Å²) in [5.74, 6) is 0.364. The number of para-hydroxylation sites is 1. The molecule has 2 amide bonds. The first-order valence-electron chi connectivity index (χ1n) is 12.1. The summed E-state index contributed by atoms with van der Waals surface area (Å²) in [5.41, 5.74) is 2.51. The molecule has 2 aromatic carbocycles. The first kappa shape index (κ1) is 26.1. The normalized spacial score (nSPS) is 17.9. The summed E-state index contributed by atoms with van der Waals surface area (Å²) in [5, 5.41) is 0.608. The van der Waals surface area contributed by atoms with Gasteiger partial charge in [0.25, 0.3) is 11.8 Å². The number of amides is 2. The third-order valence-corrected chi connectivity index (χ3v) is 7.53. The Bertz CT molecular complexity index is 1360. The molecule has 0 radical (unpaired) electrons. The summed E-state index contributed by atoms with van der Waals surface area (Å²) < 4.78 is 11.7. The average Bonchev–Trinajstić information content (AvgIpc) is 3.22. The Kier molecular flexibility index (Phi) is 8.52. The molecule has 2 aliphatic heterocycles. The minimum Gasteiger partial charge on any atom is -0.483 e. The molecule has 3 heterocycles. The Hall–Kier alpha value is -3.47. The van der Waals surface area contributed by atoms with Crippen LogP contribution in [0.4, 0.5) is 5.69 Å². The summed E-state index contributed by atoms with van der Waals surface area (Å²) in [6.45, 7) is 2.58. The summed E-state index contributed by atoms with van der Waals surface area (Å²) >= 11 is 4.87. The minimum absolute atomic E-state index is 0.0456. The SMILES string of the molecule is O=C(COc1ccc(/C=C2\SC(=Nc3ccccc3)N(Cc3cccnc3)C2=O)cc1Br)N1CCOCC1. The number of rotatable bonds is 7. The van der Waals surface area contributed by atoms with E-state index in [-0.39, 0.29) is 18.4 Å². The summed E-state index contributed by atoms with van der Waals surface area (Å²) in [6.07, 6.45) is 5.29. The van der Waals surface area contributed by atoms with Crippen molar-refractivity contribution in [1.29, 1.82) is 0 Å². The van der Waals surface area contributed by atoms with Crippen LogP contribution < -0.4 is 4.74 Å². The fourth-order valence-corrected chi connectivity index (χ4v) is 5.45. The number of hydrogen-bond acceptors (Lipinski definition) is 7. The monoisotopic (exact) mass is 592 g/mol. The van der Waals surface area contributed by atoms with Crippen LogP contribution in [0.1, 0.15) is 11.1 Å². The van der Waals surface area contributed by atoms with Crippen molar-refractivity contribution in [2.45, 2.75) is 6.54 Å². The maximum absolute atomic E-state index is 13.4. The fourth-order valence-electron chi connectivity index (χ4n) is 3.94. The molecular weight excluding hydrogens is 568 g/mol. The maximum Gasteiger partial charge on any atom is 0.267 e. The van der Waals surface area contributed by atoms with Gasteiger partial charge in [-0.1, -0.05) is 30.3 Å². The standard InChI is InChI=1S/C28H25BrN4O4S/c29-23-15-20(8-9-24(23)37-19-26(34)32-11-13-36-14-12-32)16-25-27(35)33(18-21-5-4-10-30-17-21)28(38-25)31-22-6-2-1-3-7-22/h1-10,15-17H,11-14,18-19H2/b25-16-,31-28?. The van der Waals surface area contributed by atoms with E-state index in [9.17, 15) is 9.59 Å². The van der Waals surface area contributed by atoms with Crippen LogP contribution in [0.2, 0.25) is 0 Å². The van der Waals surface area contributed by atoms with E-state index in [1.807, 2.05) is 60.7 Å². The Labute approximate surface area is 233 Å². The van der Waals surface area contributed by atoms with Gasteiger partial charge < -0.3 is 14.4 Å². The van der Waals surface area contributed by atoms with Gasteiger partial charge in [-0.25, -0.2) is 4.99 Å². The molecule has 8 nitrogen and oxygen atoms in total. The molecule has 0 N–H and O–H groups in total. The highest BCUT2D eigenvalue weighted by atomic mass is 79.9. The van der Waals surface area contributed by atoms with Crippen molar-refractivity contribution in [3.63, 3.8) is 0 Å². The first-order valence-corrected chi connectivity index (χ1v) is 13.7. The number of nitrogens with zero attached hydrogens (tertiary/aromatic N) is 4. The van der Waals surface area contributed by atoms with Crippen molar-refractivity contribution in [3.05, 3.63) is 93.6 Å². The smallest absolute Gasteiger partial charge is 0.267 e. The van der Waals surface area contributed by atoms with Gasteiger partial charge in [-0.2, -0.15) is 0 Å². The van der Waals surface area contributed by atoms with E-state index in [0.29, 0.717) is 53.1 Å². The molecule has 5 rings (SSSR count). The van der Waals surface area contributed by atoms with E-state index < -0.39 is 0 Å². The lowest BCUT2D eigenvalue weighted by molar-refractivity contribution is -0.137. The number of aromatic nitrogens is 1. The lowest BCUT2D eigenvalue weighted by Gasteiger charge is -2.26. The van der Waals surface area contributed by atoms with Gasteiger partial charge in [-0.3, -0.25) is 19.5 Å². The second kappa shape index (κ2) is 12.4. The number of hydrogen-bond donors (Lipinski definition) is 0. The summed E-state index contributed by atoms with van der Waals surface area (Å²) in [7, 11) is 0. The van der Waals surface area contributed by atoms with Crippen molar-refractivity contribution in [2.75, 3.05) is 32.9 Å². The molecule has 2 fully saturated rings. The third-order valence-electron chi connectivity index (χ3n) is 5.90. The zero-order valence-corrected chi connectivity index (χ0v) is 22.9. The molecule has 0 bridgehead atoms. The van der Waals surface area contributed by atoms with Crippen LogP contribution >= 0.6 is 27.7 Å². The maximum atomic E-state index is 13.4.